The minimum absolute atomic E-state index is 0.174. The summed E-state index contributed by atoms with van der Waals surface area (Å²) in [4.78, 5) is 24.5. The van der Waals surface area contributed by atoms with Crippen LogP contribution in [0.1, 0.15) is 24.1 Å². The molecule has 0 bridgehead atoms. The Bertz CT molecular complexity index is 1090. The number of rotatable bonds is 5. The van der Waals surface area contributed by atoms with Gasteiger partial charge >= 0.3 is 0 Å². The van der Waals surface area contributed by atoms with Crippen LogP contribution in [0.2, 0.25) is 0 Å². The van der Waals surface area contributed by atoms with Gasteiger partial charge in [0.1, 0.15) is 5.71 Å². The average Bonchev–Trinajstić information content (AvgIpc) is 3.35. The van der Waals surface area contributed by atoms with Gasteiger partial charge in [0.15, 0.2) is 5.60 Å². The molecule has 2 aromatic rings. The van der Waals surface area contributed by atoms with Gasteiger partial charge in [-0.25, -0.2) is 8.42 Å². The van der Waals surface area contributed by atoms with Crippen molar-refractivity contribution in [2.75, 3.05) is 20.1 Å². The third kappa shape index (κ3) is 3.95. The van der Waals surface area contributed by atoms with E-state index < -0.39 is 15.6 Å². The first-order valence-electron chi connectivity index (χ1n) is 9.76. The average molecular weight is 429 g/mol. The van der Waals surface area contributed by atoms with Gasteiger partial charge in [-0.3, -0.25) is 9.78 Å². The van der Waals surface area contributed by atoms with Gasteiger partial charge in [-0.05, 0) is 36.8 Å². The molecule has 0 aliphatic carbocycles. The molecular formula is C21H24N4O4S. The van der Waals surface area contributed by atoms with Gasteiger partial charge in [-0.1, -0.05) is 23.4 Å². The number of nitrogens with zero attached hydrogens (tertiary/aromatic N) is 4. The van der Waals surface area contributed by atoms with E-state index in [-0.39, 0.29) is 23.8 Å². The highest BCUT2D eigenvalue weighted by Crippen LogP contribution is 2.36. The van der Waals surface area contributed by atoms with E-state index in [1.165, 1.54) is 4.31 Å². The summed E-state index contributed by atoms with van der Waals surface area (Å²) in [5.41, 5.74) is 1.18. The molecule has 1 spiro atoms. The van der Waals surface area contributed by atoms with E-state index in [0.29, 0.717) is 25.2 Å². The molecule has 1 aromatic heterocycles. The first kappa shape index (κ1) is 20.5. The zero-order chi connectivity index (χ0) is 21.4. The number of carbonyl (C=O) groups excluding carboxylic acids is 1. The maximum Gasteiger partial charge on any atom is 0.271 e. The summed E-state index contributed by atoms with van der Waals surface area (Å²) >= 11 is 0. The van der Waals surface area contributed by atoms with Crippen molar-refractivity contribution in [2.45, 2.75) is 36.8 Å². The topological polar surface area (TPSA) is 92.2 Å². The number of pyridine rings is 1. The fourth-order valence-electron chi connectivity index (χ4n) is 3.82. The Morgan fingerprint density at radius 2 is 2.10 bits per heavy atom. The lowest BCUT2D eigenvalue weighted by molar-refractivity contribution is -0.123. The lowest BCUT2D eigenvalue weighted by atomic mass is 9.96. The Morgan fingerprint density at radius 3 is 2.83 bits per heavy atom. The van der Waals surface area contributed by atoms with Crippen molar-refractivity contribution in [2.24, 2.45) is 5.16 Å². The van der Waals surface area contributed by atoms with Gasteiger partial charge < -0.3 is 9.74 Å². The molecule has 2 aliphatic rings. The van der Waals surface area contributed by atoms with Crippen molar-refractivity contribution in [1.29, 1.82) is 0 Å². The van der Waals surface area contributed by atoms with Crippen LogP contribution in [-0.4, -0.2) is 60.0 Å². The second kappa shape index (κ2) is 7.81. The predicted molar refractivity (Wildman–Crippen MR) is 111 cm³/mol. The third-order valence-electron chi connectivity index (χ3n) is 5.47. The van der Waals surface area contributed by atoms with Crippen LogP contribution in [0.25, 0.3) is 0 Å². The van der Waals surface area contributed by atoms with Gasteiger partial charge in [0.25, 0.3) is 5.91 Å². The molecule has 2 aliphatic heterocycles. The van der Waals surface area contributed by atoms with E-state index in [0.717, 1.165) is 11.3 Å². The molecule has 1 aromatic carbocycles. The van der Waals surface area contributed by atoms with Crippen molar-refractivity contribution < 1.29 is 18.0 Å². The van der Waals surface area contributed by atoms with Gasteiger partial charge in [0.05, 0.1) is 23.7 Å². The number of sulfonamides is 1. The number of hydrogen-bond acceptors (Lipinski definition) is 6. The van der Waals surface area contributed by atoms with Crippen molar-refractivity contribution in [3.63, 3.8) is 0 Å². The number of carbonyl (C=O) groups is 1. The molecule has 1 atom stereocenters. The molecule has 0 radical (unpaired) electrons. The predicted octanol–water partition coefficient (Wildman–Crippen LogP) is 1.96. The highest BCUT2D eigenvalue weighted by molar-refractivity contribution is 7.89. The molecule has 9 heteroatoms. The lowest BCUT2D eigenvalue weighted by Crippen LogP contribution is -2.39. The SMILES string of the molecule is Cc1cccc(S(=O)(=O)N2CC[C@@]3(CC(C(=O)N(C)Cc4ccccn4)=NO3)C2)c1. The molecule has 4 rings (SSSR count). The summed E-state index contributed by atoms with van der Waals surface area (Å²) in [6.07, 6.45) is 2.46. The Morgan fingerprint density at radius 1 is 1.27 bits per heavy atom. The molecular weight excluding hydrogens is 404 g/mol. The number of amides is 1. The van der Waals surface area contributed by atoms with Crippen molar-refractivity contribution >= 4 is 21.6 Å². The number of benzene rings is 1. The van der Waals surface area contributed by atoms with E-state index in [4.69, 9.17) is 4.84 Å². The van der Waals surface area contributed by atoms with Crippen LogP contribution in [-0.2, 0) is 26.2 Å². The highest BCUT2D eigenvalue weighted by Gasteiger charge is 2.50. The van der Waals surface area contributed by atoms with Crippen LogP contribution in [0, 0.1) is 6.92 Å². The maximum absolute atomic E-state index is 13.0. The first-order valence-corrected chi connectivity index (χ1v) is 11.2. The Kier molecular flexibility index (Phi) is 5.33. The quantitative estimate of drug-likeness (QED) is 0.726. The van der Waals surface area contributed by atoms with E-state index in [2.05, 4.69) is 10.1 Å². The molecule has 1 fully saturated rings. The van der Waals surface area contributed by atoms with E-state index in [9.17, 15) is 13.2 Å². The zero-order valence-corrected chi connectivity index (χ0v) is 17.8. The molecule has 8 nitrogen and oxygen atoms in total. The van der Waals surface area contributed by atoms with Crippen molar-refractivity contribution in [1.82, 2.24) is 14.2 Å². The molecule has 0 unspecified atom stereocenters. The van der Waals surface area contributed by atoms with Crippen LogP contribution in [0.4, 0.5) is 0 Å². The van der Waals surface area contributed by atoms with Crippen LogP contribution < -0.4 is 0 Å². The highest BCUT2D eigenvalue weighted by atomic mass is 32.2. The van der Waals surface area contributed by atoms with Crippen LogP contribution >= 0.6 is 0 Å². The minimum atomic E-state index is -3.62. The molecule has 1 saturated heterocycles. The van der Waals surface area contributed by atoms with E-state index in [1.54, 1.807) is 36.3 Å². The smallest absolute Gasteiger partial charge is 0.271 e. The van der Waals surface area contributed by atoms with Gasteiger partial charge in [0, 0.05) is 32.6 Å². The molecule has 0 N–H and O–H groups in total. The second-order valence-corrected chi connectivity index (χ2v) is 9.81. The fraction of sp³-hybridized carbons (Fsp3) is 0.381. The van der Waals surface area contributed by atoms with Gasteiger partial charge in [-0.2, -0.15) is 4.31 Å². The molecule has 158 valence electrons. The Labute approximate surface area is 176 Å². The monoisotopic (exact) mass is 428 g/mol. The number of aromatic nitrogens is 1. The Balaban J connectivity index is 1.42. The van der Waals surface area contributed by atoms with Gasteiger partial charge in [0.2, 0.25) is 10.0 Å². The van der Waals surface area contributed by atoms with E-state index in [1.807, 2.05) is 31.2 Å². The molecule has 0 saturated carbocycles. The summed E-state index contributed by atoms with van der Waals surface area (Å²) in [5, 5.41) is 4.02. The zero-order valence-electron chi connectivity index (χ0n) is 17.0. The summed E-state index contributed by atoms with van der Waals surface area (Å²) in [6, 6.07) is 12.4. The lowest BCUT2D eigenvalue weighted by Gasteiger charge is -2.22. The number of aryl methyl sites for hydroxylation is 1. The molecule has 1 amide bonds. The summed E-state index contributed by atoms with van der Waals surface area (Å²) < 4.78 is 27.4. The first-order chi connectivity index (χ1) is 14.3. The number of hydrogen-bond donors (Lipinski definition) is 0. The van der Waals surface area contributed by atoms with Crippen LogP contribution in [0.3, 0.4) is 0 Å². The van der Waals surface area contributed by atoms with Crippen LogP contribution in [0.15, 0.2) is 58.7 Å². The van der Waals surface area contributed by atoms with Crippen molar-refractivity contribution in [3.05, 3.63) is 59.9 Å². The fourth-order valence-corrected chi connectivity index (χ4v) is 5.44. The summed E-state index contributed by atoms with van der Waals surface area (Å²) in [7, 11) is -1.93. The van der Waals surface area contributed by atoms with Crippen molar-refractivity contribution in [3.8, 4) is 0 Å². The maximum atomic E-state index is 13.0. The largest absolute Gasteiger partial charge is 0.387 e. The van der Waals surface area contributed by atoms with Gasteiger partial charge in [-0.15, -0.1) is 0 Å². The molecule has 30 heavy (non-hydrogen) atoms. The third-order valence-corrected chi connectivity index (χ3v) is 7.31. The minimum Gasteiger partial charge on any atom is -0.387 e. The van der Waals surface area contributed by atoms with E-state index >= 15 is 0 Å². The van der Waals surface area contributed by atoms with Crippen LogP contribution in [0.5, 0.6) is 0 Å². The standard InChI is InChI=1S/C21H24N4O4S/c1-16-6-5-8-18(12-16)30(27,28)25-11-9-21(15-25)13-19(23-29-21)20(26)24(2)14-17-7-3-4-10-22-17/h3-8,10,12H,9,11,13-15H2,1-2H3/t21-/m1/s1. The second-order valence-electron chi connectivity index (χ2n) is 7.88. The summed E-state index contributed by atoms with van der Waals surface area (Å²) in [5.74, 6) is -0.238. The Hall–Kier alpha value is -2.78. The normalized spacial score (nSPS) is 21.5. The number of oxime groups is 1. The molecule has 3 heterocycles. The summed E-state index contributed by atoms with van der Waals surface area (Å²) in [6.45, 7) is 2.72.